The fourth-order valence-corrected chi connectivity index (χ4v) is 3.67. The molecule has 3 unspecified atom stereocenters. The van der Waals surface area contributed by atoms with Crippen molar-refractivity contribution >= 4 is 0 Å². The molecule has 0 saturated heterocycles. The molecule has 0 aliphatic carbocycles. The van der Waals surface area contributed by atoms with E-state index in [2.05, 4.69) is 71.1 Å². The van der Waals surface area contributed by atoms with Gasteiger partial charge in [0, 0.05) is 0 Å². The summed E-state index contributed by atoms with van der Waals surface area (Å²) in [6, 6.07) is 7.15. The quantitative estimate of drug-likeness (QED) is 0.256. The summed E-state index contributed by atoms with van der Waals surface area (Å²) in [6.07, 6.45) is 18.1. The first-order chi connectivity index (χ1) is 13.0. The van der Waals surface area contributed by atoms with Crippen LogP contribution in [0.1, 0.15) is 72.3 Å². The Kier molecular flexibility index (Phi) is 11.7. The molecule has 0 aliphatic heterocycles. The fourth-order valence-electron chi connectivity index (χ4n) is 3.67. The van der Waals surface area contributed by atoms with Crippen LogP contribution in [0.2, 0.25) is 0 Å². The lowest BCUT2D eigenvalue weighted by Gasteiger charge is -2.27. The zero-order chi connectivity index (χ0) is 20.1. The van der Waals surface area contributed by atoms with Gasteiger partial charge in [-0.3, -0.25) is 0 Å². The van der Waals surface area contributed by atoms with Gasteiger partial charge in [-0.1, -0.05) is 81.2 Å². The summed E-state index contributed by atoms with van der Waals surface area (Å²) in [5, 5.41) is 0. The summed E-state index contributed by atoms with van der Waals surface area (Å²) >= 11 is 0. The molecule has 0 spiro atoms. The Hall–Kier alpha value is -1.63. The zero-order valence-corrected chi connectivity index (χ0v) is 18.0. The van der Waals surface area contributed by atoms with Gasteiger partial charge in [0.15, 0.2) is 0 Å². The van der Waals surface area contributed by atoms with Crippen LogP contribution in [0.15, 0.2) is 60.2 Å². The Morgan fingerprint density at radius 3 is 2.63 bits per heavy atom. The molecule has 1 rings (SSSR count). The average molecular weight is 371 g/mol. The summed E-state index contributed by atoms with van der Waals surface area (Å²) in [4.78, 5) is 0. The van der Waals surface area contributed by atoms with Crippen LogP contribution in [0, 0.1) is 23.6 Å². The van der Waals surface area contributed by atoms with Crippen LogP contribution in [0.5, 0.6) is 0 Å². The third-order valence-corrected chi connectivity index (χ3v) is 5.28. The van der Waals surface area contributed by atoms with Crippen molar-refractivity contribution in [2.75, 3.05) is 0 Å². The van der Waals surface area contributed by atoms with Crippen LogP contribution in [0.25, 0.3) is 0 Å². The first kappa shape index (κ1) is 23.4. The van der Waals surface area contributed by atoms with Gasteiger partial charge in [0.05, 0.1) is 0 Å². The SMILES string of the molecule is C/C=C\C(C/C=C\C=C(C)C)CC(Cc1cccc(F)c1)C(C)CCCC. The second-order valence-corrected chi connectivity index (χ2v) is 8.14. The highest BCUT2D eigenvalue weighted by Gasteiger charge is 2.21. The number of hydrogen-bond donors (Lipinski definition) is 0. The highest BCUT2D eigenvalue weighted by molar-refractivity contribution is 5.17. The van der Waals surface area contributed by atoms with Crippen LogP contribution in [-0.4, -0.2) is 0 Å². The molecule has 1 heteroatoms. The van der Waals surface area contributed by atoms with Gasteiger partial charge in [0.25, 0.3) is 0 Å². The van der Waals surface area contributed by atoms with Gasteiger partial charge < -0.3 is 0 Å². The molecule has 0 fully saturated rings. The maximum atomic E-state index is 13.6. The largest absolute Gasteiger partial charge is 0.207 e. The van der Waals surface area contributed by atoms with E-state index in [4.69, 9.17) is 0 Å². The highest BCUT2D eigenvalue weighted by atomic mass is 19.1. The van der Waals surface area contributed by atoms with Crippen LogP contribution < -0.4 is 0 Å². The number of halogens is 1. The topological polar surface area (TPSA) is 0 Å². The van der Waals surface area contributed by atoms with Gasteiger partial charge in [0.1, 0.15) is 5.82 Å². The van der Waals surface area contributed by atoms with Crippen molar-refractivity contribution < 1.29 is 4.39 Å². The van der Waals surface area contributed by atoms with Crippen molar-refractivity contribution in [2.45, 2.75) is 73.1 Å². The minimum atomic E-state index is -0.123. The minimum Gasteiger partial charge on any atom is -0.207 e. The lowest BCUT2D eigenvalue weighted by molar-refractivity contribution is 0.281. The number of hydrogen-bond acceptors (Lipinski definition) is 0. The van der Waals surface area contributed by atoms with Crippen LogP contribution in [0.4, 0.5) is 4.39 Å². The van der Waals surface area contributed by atoms with E-state index in [0.29, 0.717) is 17.8 Å². The second-order valence-electron chi connectivity index (χ2n) is 8.14. The predicted octanol–water partition coefficient (Wildman–Crippen LogP) is 8.31. The monoisotopic (exact) mass is 370 g/mol. The molecule has 1 aromatic carbocycles. The van der Waals surface area contributed by atoms with E-state index in [1.165, 1.54) is 30.9 Å². The maximum absolute atomic E-state index is 13.6. The van der Waals surface area contributed by atoms with Crippen LogP contribution >= 0.6 is 0 Å². The van der Waals surface area contributed by atoms with Crippen molar-refractivity contribution in [3.05, 3.63) is 71.6 Å². The van der Waals surface area contributed by atoms with E-state index in [0.717, 1.165) is 24.8 Å². The highest BCUT2D eigenvalue weighted by Crippen LogP contribution is 2.30. The third-order valence-electron chi connectivity index (χ3n) is 5.28. The summed E-state index contributed by atoms with van der Waals surface area (Å²) in [6.45, 7) is 11.0. The summed E-state index contributed by atoms with van der Waals surface area (Å²) in [5.41, 5.74) is 2.45. The van der Waals surface area contributed by atoms with E-state index in [1.807, 2.05) is 6.07 Å². The number of benzene rings is 1. The summed E-state index contributed by atoms with van der Waals surface area (Å²) < 4.78 is 13.6. The van der Waals surface area contributed by atoms with Crippen molar-refractivity contribution in [1.82, 2.24) is 0 Å². The molecule has 0 nitrogen and oxygen atoms in total. The minimum absolute atomic E-state index is 0.123. The van der Waals surface area contributed by atoms with Gasteiger partial charge in [0.2, 0.25) is 0 Å². The molecule has 1 aromatic rings. The van der Waals surface area contributed by atoms with Gasteiger partial charge in [-0.15, -0.1) is 0 Å². The molecule has 0 N–H and O–H groups in total. The van der Waals surface area contributed by atoms with E-state index < -0.39 is 0 Å². The average Bonchev–Trinajstić information content (AvgIpc) is 2.62. The molecule has 0 heterocycles. The Labute approximate surface area is 167 Å². The van der Waals surface area contributed by atoms with Crippen molar-refractivity contribution in [2.24, 2.45) is 17.8 Å². The van der Waals surface area contributed by atoms with E-state index >= 15 is 0 Å². The first-order valence-corrected chi connectivity index (χ1v) is 10.6. The maximum Gasteiger partial charge on any atom is 0.123 e. The lowest BCUT2D eigenvalue weighted by atomic mass is 9.78. The fraction of sp³-hybridized carbons (Fsp3) is 0.538. The molecular weight excluding hydrogens is 331 g/mol. The van der Waals surface area contributed by atoms with Gasteiger partial charge >= 0.3 is 0 Å². The standard InChI is InChI=1S/C26H39F/c1-6-8-14-22(5)25(19-24-16-11-17-26(27)20-24)18-23(12-7-2)15-10-9-13-21(3)4/h7,9-13,16-17,20,22-23,25H,6,8,14-15,18-19H2,1-5H3/b10-9-,12-7-. The summed E-state index contributed by atoms with van der Waals surface area (Å²) in [7, 11) is 0. The van der Waals surface area contributed by atoms with E-state index in [1.54, 1.807) is 6.07 Å². The molecule has 0 radical (unpaired) electrons. The first-order valence-electron chi connectivity index (χ1n) is 10.6. The number of unbranched alkanes of at least 4 members (excludes halogenated alkanes) is 1. The zero-order valence-electron chi connectivity index (χ0n) is 18.0. The van der Waals surface area contributed by atoms with Crippen LogP contribution in [0.3, 0.4) is 0 Å². The predicted molar refractivity (Wildman–Crippen MR) is 118 cm³/mol. The molecular formula is C26H39F. The number of rotatable bonds is 12. The molecule has 0 aromatic heterocycles. The molecule has 150 valence electrons. The normalized spacial score (nSPS) is 15.2. The van der Waals surface area contributed by atoms with E-state index in [9.17, 15) is 4.39 Å². The van der Waals surface area contributed by atoms with Gasteiger partial charge in [-0.05, 0) is 75.5 Å². The van der Waals surface area contributed by atoms with Crippen LogP contribution in [-0.2, 0) is 6.42 Å². The Balaban J connectivity index is 2.87. The molecule has 0 amide bonds. The van der Waals surface area contributed by atoms with Crippen molar-refractivity contribution in [3.63, 3.8) is 0 Å². The van der Waals surface area contributed by atoms with Gasteiger partial charge in [-0.2, -0.15) is 0 Å². The Morgan fingerprint density at radius 2 is 2.00 bits per heavy atom. The number of allylic oxidation sites excluding steroid dienone is 6. The second kappa shape index (κ2) is 13.5. The Bertz CT molecular complexity index is 604. The van der Waals surface area contributed by atoms with Crippen molar-refractivity contribution in [1.29, 1.82) is 0 Å². The molecule has 27 heavy (non-hydrogen) atoms. The Morgan fingerprint density at radius 1 is 1.22 bits per heavy atom. The van der Waals surface area contributed by atoms with Crippen molar-refractivity contribution in [3.8, 4) is 0 Å². The smallest absolute Gasteiger partial charge is 0.123 e. The lowest BCUT2D eigenvalue weighted by Crippen LogP contribution is -2.18. The van der Waals surface area contributed by atoms with Gasteiger partial charge in [-0.25, -0.2) is 4.39 Å². The van der Waals surface area contributed by atoms with E-state index in [-0.39, 0.29) is 5.82 Å². The summed E-state index contributed by atoms with van der Waals surface area (Å²) in [5.74, 6) is 1.65. The third kappa shape index (κ3) is 10.3. The molecule has 0 bridgehead atoms. The molecule has 0 saturated carbocycles. The molecule has 0 aliphatic rings. The molecule has 3 atom stereocenters.